The van der Waals surface area contributed by atoms with Gasteiger partial charge in [-0.1, -0.05) is 12.1 Å². The van der Waals surface area contributed by atoms with Crippen molar-refractivity contribution in [3.05, 3.63) is 29.8 Å². The Labute approximate surface area is 133 Å². The molecular weight excluding hydrogens is 302 g/mol. The van der Waals surface area contributed by atoms with Gasteiger partial charge in [0.15, 0.2) is 0 Å². The van der Waals surface area contributed by atoms with Gasteiger partial charge in [0.2, 0.25) is 11.8 Å². The first-order valence-corrected chi connectivity index (χ1v) is 7.07. The number of carbonyl (C=O) groups excluding carboxylic acids is 2. The minimum Gasteiger partial charge on any atom is -0.508 e. The van der Waals surface area contributed by atoms with E-state index in [9.17, 15) is 24.6 Å². The van der Waals surface area contributed by atoms with Gasteiger partial charge in [0.1, 0.15) is 17.8 Å². The third kappa shape index (κ3) is 5.95. The fraction of sp³-hybridized carbons (Fsp3) is 0.400. The summed E-state index contributed by atoms with van der Waals surface area (Å²) in [4.78, 5) is 34.7. The number of amides is 2. The van der Waals surface area contributed by atoms with Crippen LogP contribution in [0.3, 0.4) is 0 Å². The Bertz CT molecular complexity index is 571. The molecule has 0 heterocycles. The van der Waals surface area contributed by atoms with Crippen LogP contribution in [0.1, 0.15) is 19.4 Å². The highest BCUT2D eigenvalue weighted by Crippen LogP contribution is 2.11. The third-order valence-electron chi connectivity index (χ3n) is 3.16. The molecule has 1 aromatic carbocycles. The first kappa shape index (κ1) is 18.4. The highest BCUT2D eigenvalue weighted by atomic mass is 16.4. The van der Waals surface area contributed by atoms with Crippen molar-refractivity contribution in [1.82, 2.24) is 10.6 Å². The molecule has 0 aliphatic carbocycles. The van der Waals surface area contributed by atoms with Gasteiger partial charge in [-0.3, -0.25) is 9.59 Å². The molecule has 1 aromatic rings. The van der Waals surface area contributed by atoms with Crippen molar-refractivity contribution < 1.29 is 24.6 Å². The molecule has 6 N–H and O–H groups in total. The van der Waals surface area contributed by atoms with Crippen LogP contribution in [0.4, 0.5) is 0 Å². The maximum absolute atomic E-state index is 12.0. The summed E-state index contributed by atoms with van der Waals surface area (Å²) in [7, 11) is 0. The minimum atomic E-state index is -1.20. The molecule has 0 saturated carbocycles. The summed E-state index contributed by atoms with van der Waals surface area (Å²) < 4.78 is 0. The summed E-state index contributed by atoms with van der Waals surface area (Å²) in [6.45, 7) is 2.92. The standard InChI is InChI=1S/C15H21N3O5/c1-8(16)13(20)17-9(2)14(21)18-12(15(22)23)7-10-3-5-11(19)6-4-10/h3-6,8-9,12,19H,7,16H2,1-2H3,(H,17,20)(H,18,21)(H,22,23). The Kier molecular flexibility index (Phi) is 6.52. The second-order valence-corrected chi connectivity index (χ2v) is 5.29. The van der Waals surface area contributed by atoms with Gasteiger partial charge in [0, 0.05) is 6.42 Å². The van der Waals surface area contributed by atoms with E-state index >= 15 is 0 Å². The lowest BCUT2D eigenvalue weighted by atomic mass is 10.1. The monoisotopic (exact) mass is 323 g/mol. The summed E-state index contributed by atoms with van der Waals surface area (Å²) in [5.41, 5.74) is 6.03. The van der Waals surface area contributed by atoms with E-state index in [0.717, 1.165) is 0 Å². The van der Waals surface area contributed by atoms with E-state index in [1.165, 1.54) is 26.0 Å². The van der Waals surface area contributed by atoms with E-state index in [1.54, 1.807) is 12.1 Å². The van der Waals surface area contributed by atoms with Crippen molar-refractivity contribution >= 4 is 17.8 Å². The van der Waals surface area contributed by atoms with Gasteiger partial charge in [-0.05, 0) is 31.5 Å². The summed E-state index contributed by atoms with van der Waals surface area (Å²) in [5.74, 6) is -2.25. The smallest absolute Gasteiger partial charge is 0.326 e. The van der Waals surface area contributed by atoms with Crippen molar-refractivity contribution in [2.45, 2.75) is 38.4 Å². The fourth-order valence-corrected chi connectivity index (χ4v) is 1.77. The average molecular weight is 323 g/mol. The van der Waals surface area contributed by atoms with Gasteiger partial charge in [-0.2, -0.15) is 0 Å². The number of nitrogens with one attached hydrogen (secondary N) is 2. The van der Waals surface area contributed by atoms with Crippen LogP contribution in [0.2, 0.25) is 0 Å². The van der Waals surface area contributed by atoms with Crippen molar-refractivity contribution in [3.63, 3.8) is 0 Å². The summed E-state index contributed by atoms with van der Waals surface area (Å²) in [6, 6.07) is 3.18. The van der Waals surface area contributed by atoms with Crippen LogP contribution in [0, 0.1) is 0 Å². The number of benzene rings is 1. The van der Waals surface area contributed by atoms with E-state index < -0.39 is 35.9 Å². The molecule has 0 aliphatic rings. The van der Waals surface area contributed by atoms with Gasteiger partial charge in [0.05, 0.1) is 6.04 Å². The first-order chi connectivity index (χ1) is 10.7. The maximum atomic E-state index is 12.0. The number of hydrogen-bond acceptors (Lipinski definition) is 5. The van der Waals surface area contributed by atoms with Crippen LogP contribution in [0.25, 0.3) is 0 Å². The quantitative estimate of drug-likeness (QED) is 0.452. The molecule has 8 heteroatoms. The SMILES string of the molecule is CC(N)C(=O)NC(C)C(=O)NC(Cc1ccc(O)cc1)C(=O)O. The number of rotatable bonds is 7. The van der Waals surface area contributed by atoms with E-state index in [1.807, 2.05) is 0 Å². The third-order valence-corrected chi connectivity index (χ3v) is 3.16. The van der Waals surface area contributed by atoms with E-state index in [0.29, 0.717) is 5.56 Å². The zero-order valence-corrected chi connectivity index (χ0v) is 12.9. The summed E-state index contributed by atoms with van der Waals surface area (Å²) in [6.07, 6.45) is 0.0509. The molecule has 1 rings (SSSR count). The lowest BCUT2D eigenvalue weighted by Gasteiger charge is -2.19. The number of phenolic OH excluding ortho intramolecular Hbond substituents is 1. The van der Waals surface area contributed by atoms with Gasteiger partial charge in [-0.25, -0.2) is 4.79 Å². The number of hydrogen-bond donors (Lipinski definition) is 5. The van der Waals surface area contributed by atoms with Crippen LogP contribution in [0.15, 0.2) is 24.3 Å². The average Bonchev–Trinajstić information content (AvgIpc) is 2.48. The molecule has 3 unspecified atom stereocenters. The second-order valence-electron chi connectivity index (χ2n) is 5.29. The normalized spacial score (nSPS) is 14.4. The number of carbonyl (C=O) groups is 3. The number of carboxylic acids is 1. The molecule has 126 valence electrons. The molecule has 0 aromatic heterocycles. The predicted molar refractivity (Wildman–Crippen MR) is 82.6 cm³/mol. The van der Waals surface area contributed by atoms with Crippen LogP contribution < -0.4 is 16.4 Å². The Balaban J connectivity index is 2.68. The molecule has 2 amide bonds. The molecule has 0 spiro atoms. The molecule has 0 saturated heterocycles. The number of carboxylic acid groups (broad SMARTS) is 1. The highest BCUT2D eigenvalue weighted by molar-refractivity contribution is 5.91. The Morgan fingerprint density at radius 2 is 1.65 bits per heavy atom. The predicted octanol–water partition coefficient (Wildman–Crippen LogP) is -0.644. The molecule has 0 radical (unpaired) electrons. The molecule has 0 bridgehead atoms. The van der Waals surface area contributed by atoms with Crippen molar-refractivity contribution in [2.24, 2.45) is 5.73 Å². The van der Waals surface area contributed by atoms with Crippen LogP contribution in [0.5, 0.6) is 5.75 Å². The van der Waals surface area contributed by atoms with Gasteiger partial charge < -0.3 is 26.6 Å². The summed E-state index contributed by atoms with van der Waals surface area (Å²) in [5, 5.41) is 23.2. The van der Waals surface area contributed by atoms with Crippen LogP contribution in [-0.2, 0) is 20.8 Å². The molecular formula is C15H21N3O5. The second kappa shape index (κ2) is 8.14. The Morgan fingerprint density at radius 1 is 1.09 bits per heavy atom. The largest absolute Gasteiger partial charge is 0.508 e. The van der Waals surface area contributed by atoms with Gasteiger partial charge in [0.25, 0.3) is 0 Å². The molecule has 0 aliphatic heterocycles. The fourth-order valence-electron chi connectivity index (χ4n) is 1.77. The maximum Gasteiger partial charge on any atom is 0.326 e. The number of aromatic hydroxyl groups is 1. The first-order valence-electron chi connectivity index (χ1n) is 7.07. The molecule has 8 nitrogen and oxygen atoms in total. The molecule has 23 heavy (non-hydrogen) atoms. The lowest BCUT2D eigenvalue weighted by molar-refractivity contribution is -0.142. The summed E-state index contributed by atoms with van der Waals surface area (Å²) >= 11 is 0. The van der Waals surface area contributed by atoms with E-state index in [-0.39, 0.29) is 12.2 Å². The van der Waals surface area contributed by atoms with Crippen molar-refractivity contribution in [2.75, 3.05) is 0 Å². The molecule has 3 atom stereocenters. The number of nitrogens with two attached hydrogens (primary N) is 1. The number of aliphatic carboxylic acids is 1. The Hall–Kier alpha value is -2.61. The number of phenols is 1. The van der Waals surface area contributed by atoms with E-state index in [4.69, 9.17) is 5.73 Å². The van der Waals surface area contributed by atoms with Crippen LogP contribution in [-0.4, -0.2) is 46.1 Å². The van der Waals surface area contributed by atoms with Crippen molar-refractivity contribution in [1.29, 1.82) is 0 Å². The lowest BCUT2D eigenvalue weighted by Crippen LogP contribution is -2.53. The van der Waals surface area contributed by atoms with Gasteiger partial charge in [-0.15, -0.1) is 0 Å². The highest BCUT2D eigenvalue weighted by Gasteiger charge is 2.24. The Morgan fingerprint density at radius 3 is 2.13 bits per heavy atom. The molecule has 0 fully saturated rings. The zero-order valence-electron chi connectivity index (χ0n) is 12.9. The van der Waals surface area contributed by atoms with Crippen LogP contribution >= 0.6 is 0 Å². The van der Waals surface area contributed by atoms with Gasteiger partial charge >= 0.3 is 5.97 Å². The zero-order chi connectivity index (χ0) is 17.6. The van der Waals surface area contributed by atoms with Crippen molar-refractivity contribution in [3.8, 4) is 5.75 Å². The van der Waals surface area contributed by atoms with E-state index in [2.05, 4.69) is 10.6 Å². The topological polar surface area (TPSA) is 142 Å². The minimum absolute atomic E-state index is 0.0509.